The summed E-state index contributed by atoms with van der Waals surface area (Å²) in [5.41, 5.74) is 0.0926. The minimum absolute atomic E-state index is 0.0741. The van der Waals surface area contributed by atoms with Crippen molar-refractivity contribution in [3.63, 3.8) is 0 Å². The van der Waals surface area contributed by atoms with E-state index in [0.717, 1.165) is 0 Å². The molecule has 0 bridgehead atoms. The Bertz CT molecular complexity index is 229. The zero-order valence-corrected chi connectivity index (χ0v) is 4.50. The van der Waals surface area contributed by atoms with Crippen molar-refractivity contribution < 1.29 is 4.92 Å². The van der Waals surface area contributed by atoms with E-state index in [1.807, 2.05) is 0 Å². The number of aromatic nitrogens is 2. The lowest BCUT2D eigenvalue weighted by atomic mass is 10.4. The van der Waals surface area contributed by atoms with Gasteiger partial charge in [-0.15, -0.1) is 0 Å². The number of rotatable bonds is 1. The maximum atomic E-state index is 9.99. The minimum Gasteiger partial charge on any atom is -0.278 e. The van der Waals surface area contributed by atoms with Gasteiger partial charge in [-0.1, -0.05) is 0 Å². The van der Waals surface area contributed by atoms with Gasteiger partial charge in [0.25, 0.3) is 0 Å². The van der Waals surface area contributed by atoms with E-state index in [0.29, 0.717) is 0 Å². The number of nitro groups is 1. The van der Waals surface area contributed by atoms with Gasteiger partial charge in [-0.3, -0.25) is 15.2 Å². The molecule has 0 unspecified atom stereocenters. The molecule has 0 saturated carbocycles. The third kappa shape index (κ3) is 0.883. The highest BCUT2D eigenvalue weighted by Gasteiger charge is 2.10. The van der Waals surface area contributed by atoms with Crippen LogP contribution in [0.3, 0.4) is 0 Å². The quantitative estimate of drug-likeness (QED) is 0.440. The maximum Gasteiger partial charge on any atom is 0.309 e. The highest BCUT2D eigenvalue weighted by molar-refractivity contribution is 5.33. The van der Waals surface area contributed by atoms with Crippen molar-refractivity contribution in [1.29, 1.82) is 0 Å². The molecule has 9 heavy (non-hydrogen) atoms. The van der Waals surface area contributed by atoms with Gasteiger partial charge in [0.05, 0.1) is 11.1 Å². The Hall–Kier alpha value is -1.39. The van der Waals surface area contributed by atoms with Crippen LogP contribution < -0.4 is 0 Å². The van der Waals surface area contributed by atoms with E-state index in [2.05, 4.69) is 17.1 Å². The molecule has 0 atom stereocenters. The lowest BCUT2D eigenvalue weighted by molar-refractivity contribution is -0.385. The topological polar surface area (TPSA) is 71.8 Å². The third-order valence-corrected chi connectivity index (χ3v) is 0.893. The van der Waals surface area contributed by atoms with Crippen LogP contribution in [0, 0.1) is 17.0 Å². The van der Waals surface area contributed by atoms with Crippen LogP contribution in [0.15, 0.2) is 6.20 Å². The molecule has 1 rings (SSSR count). The smallest absolute Gasteiger partial charge is 0.278 e. The Balaban J connectivity index is 3.08. The Morgan fingerprint density at radius 2 is 2.56 bits per heavy atom. The molecular weight excluding hydrogens is 122 g/mol. The molecule has 1 aromatic rings. The standard InChI is InChI=1S/C4H4N3O2/c1-3-4(7(8)9)2-5-6-3/h2H,1H2,(H,5,6). The Kier molecular flexibility index (Phi) is 1.18. The summed E-state index contributed by atoms with van der Waals surface area (Å²) in [6.07, 6.45) is 1.20. The van der Waals surface area contributed by atoms with Crippen molar-refractivity contribution in [3.8, 4) is 0 Å². The lowest BCUT2D eigenvalue weighted by Crippen LogP contribution is -1.86. The molecule has 0 saturated heterocycles. The average Bonchev–Trinajstić information content (AvgIpc) is 2.13. The normalized spacial score (nSPS) is 9.44. The number of nitrogens with one attached hydrogen (secondary N) is 1. The predicted molar refractivity (Wildman–Crippen MR) is 29.7 cm³/mol. The molecule has 1 N–H and O–H groups in total. The van der Waals surface area contributed by atoms with E-state index >= 15 is 0 Å². The van der Waals surface area contributed by atoms with E-state index in [-0.39, 0.29) is 11.4 Å². The fourth-order valence-electron chi connectivity index (χ4n) is 0.470. The first-order valence-corrected chi connectivity index (χ1v) is 2.22. The SMILES string of the molecule is [CH2]c1n[nH]cc1[N+](=O)[O-]. The number of H-pyrrole nitrogens is 1. The van der Waals surface area contributed by atoms with Gasteiger partial charge in [0.15, 0.2) is 0 Å². The maximum absolute atomic E-state index is 9.99. The minimum atomic E-state index is -0.536. The first kappa shape index (κ1) is 5.74. The molecule has 0 spiro atoms. The van der Waals surface area contributed by atoms with Crippen molar-refractivity contribution in [1.82, 2.24) is 10.2 Å². The van der Waals surface area contributed by atoms with Gasteiger partial charge in [0, 0.05) is 6.92 Å². The molecule has 5 nitrogen and oxygen atoms in total. The first-order valence-electron chi connectivity index (χ1n) is 2.22. The molecule has 47 valence electrons. The molecule has 0 amide bonds. The summed E-state index contributed by atoms with van der Waals surface area (Å²) in [6, 6.07) is 0. The largest absolute Gasteiger partial charge is 0.309 e. The Morgan fingerprint density at radius 1 is 1.89 bits per heavy atom. The molecule has 0 aliphatic carbocycles. The van der Waals surface area contributed by atoms with E-state index in [9.17, 15) is 10.1 Å². The van der Waals surface area contributed by atoms with E-state index in [1.54, 1.807) is 0 Å². The van der Waals surface area contributed by atoms with Crippen LogP contribution in [-0.4, -0.2) is 15.1 Å². The summed E-state index contributed by atoms with van der Waals surface area (Å²) in [5, 5.41) is 15.8. The number of hydrogen-bond donors (Lipinski definition) is 1. The summed E-state index contributed by atoms with van der Waals surface area (Å²) < 4.78 is 0. The molecule has 0 aliphatic rings. The zero-order valence-electron chi connectivity index (χ0n) is 4.50. The van der Waals surface area contributed by atoms with Crippen molar-refractivity contribution in [2.24, 2.45) is 0 Å². The summed E-state index contributed by atoms with van der Waals surface area (Å²) in [6.45, 7) is 3.32. The summed E-state index contributed by atoms with van der Waals surface area (Å²) in [7, 11) is 0. The summed E-state index contributed by atoms with van der Waals surface area (Å²) in [4.78, 5) is 9.45. The highest BCUT2D eigenvalue weighted by Crippen LogP contribution is 2.11. The van der Waals surface area contributed by atoms with Gasteiger partial charge in [-0.2, -0.15) is 5.10 Å². The number of nitrogens with zero attached hydrogens (tertiary/aromatic N) is 2. The van der Waals surface area contributed by atoms with Crippen LogP contribution in [0.25, 0.3) is 0 Å². The Labute approximate surface area is 50.8 Å². The van der Waals surface area contributed by atoms with Gasteiger partial charge < -0.3 is 0 Å². The fourth-order valence-corrected chi connectivity index (χ4v) is 0.470. The van der Waals surface area contributed by atoms with Crippen LogP contribution in [0.2, 0.25) is 0 Å². The van der Waals surface area contributed by atoms with Crippen molar-refractivity contribution in [2.45, 2.75) is 0 Å². The predicted octanol–water partition coefficient (Wildman–Crippen LogP) is 0.500. The summed E-state index contributed by atoms with van der Waals surface area (Å²) >= 11 is 0. The third-order valence-electron chi connectivity index (χ3n) is 0.893. The second-order valence-electron chi connectivity index (χ2n) is 1.47. The molecule has 1 heterocycles. The van der Waals surface area contributed by atoms with Gasteiger partial charge in [-0.25, -0.2) is 0 Å². The van der Waals surface area contributed by atoms with Crippen LogP contribution in [0.4, 0.5) is 5.69 Å². The molecular formula is C4H4N3O2. The number of aromatic amines is 1. The van der Waals surface area contributed by atoms with Gasteiger partial charge in [0.1, 0.15) is 5.69 Å². The van der Waals surface area contributed by atoms with E-state index in [1.165, 1.54) is 6.20 Å². The van der Waals surface area contributed by atoms with Gasteiger partial charge in [-0.05, 0) is 0 Å². The van der Waals surface area contributed by atoms with Crippen LogP contribution in [-0.2, 0) is 0 Å². The zero-order chi connectivity index (χ0) is 6.85. The van der Waals surface area contributed by atoms with Crippen LogP contribution in [0.5, 0.6) is 0 Å². The monoisotopic (exact) mass is 126 g/mol. The van der Waals surface area contributed by atoms with Gasteiger partial charge in [0.2, 0.25) is 0 Å². The van der Waals surface area contributed by atoms with Crippen molar-refractivity contribution in [2.75, 3.05) is 0 Å². The average molecular weight is 126 g/mol. The van der Waals surface area contributed by atoms with Gasteiger partial charge >= 0.3 is 5.69 Å². The molecule has 0 fully saturated rings. The molecule has 1 radical (unpaired) electrons. The van der Waals surface area contributed by atoms with E-state index in [4.69, 9.17) is 0 Å². The Morgan fingerprint density at radius 3 is 2.78 bits per heavy atom. The number of hydrogen-bond acceptors (Lipinski definition) is 3. The van der Waals surface area contributed by atoms with Crippen molar-refractivity contribution >= 4 is 5.69 Å². The van der Waals surface area contributed by atoms with Crippen molar-refractivity contribution in [3.05, 3.63) is 28.9 Å². The molecule has 5 heteroatoms. The van der Waals surface area contributed by atoms with Crippen LogP contribution in [0.1, 0.15) is 5.69 Å². The van der Waals surface area contributed by atoms with E-state index < -0.39 is 4.92 Å². The molecule has 1 aromatic heterocycles. The molecule has 0 aromatic carbocycles. The summed E-state index contributed by atoms with van der Waals surface area (Å²) in [5.74, 6) is 0. The fraction of sp³-hybridized carbons (Fsp3) is 0. The highest BCUT2D eigenvalue weighted by atomic mass is 16.6. The first-order chi connectivity index (χ1) is 4.22. The molecule has 0 aliphatic heterocycles. The van der Waals surface area contributed by atoms with Crippen LogP contribution >= 0.6 is 0 Å². The second-order valence-corrected chi connectivity index (χ2v) is 1.47. The lowest BCUT2D eigenvalue weighted by Gasteiger charge is -1.81. The second kappa shape index (κ2) is 1.85.